The largest absolute Gasteiger partial charge is 0.476 e. The molecular formula is C17H26O4. The second kappa shape index (κ2) is 8.67. The van der Waals surface area contributed by atoms with Crippen molar-refractivity contribution in [2.45, 2.75) is 64.8 Å². The lowest BCUT2D eigenvalue weighted by atomic mass is 10.1. The van der Waals surface area contributed by atoms with Gasteiger partial charge < -0.3 is 14.6 Å². The predicted octanol–water partition coefficient (Wildman–Crippen LogP) is 4.24. The molecule has 2 unspecified atom stereocenters. The molecule has 0 aliphatic carbocycles. The Morgan fingerprint density at radius 3 is 2.33 bits per heavy atom. The average Bonchev–Trinajstić information content (AvgIpc) is 2.47. The van der Waals surface area contributed by atoms with Crippen LogP contribution >= 0.6 is 0 Å². The van der Waals surface area contributed by atoms with Crippen molar-refractivity contribution in [3.63, 3.8) is 0 Å². The Hall–Kier alpha value is -1.55. The fraction of sp³-hybridized carbons (Fsp3) is 0.588. The zero-order valence-electron chi connectivity index (χ0n) is 13.2. The fourth-order valence-electron chi connectivity index (χ4n) is 2.28. The van der Waals surface area contributed by atoms with Gasteiger partial charge in [-0.3, -0.25) is 0 Å². The van der Waals surface area contributed by atoms with E-state index < -0.39 is 11.8 Å². The monoisotopic (exact) mass is 294 g/mol. The summed E-state index contributed by atoms with van der Waals surface area (Å²) in [4.78, 5) is 11.8. The van der Waals surface area contributed by atoms with Crippen LogP contribution in [0.3, 0.4) is 0 Å². The van der Waals surface area contributed by atoms with E-state index in [-0.39, 0.29) is 6.10 Å². The highest BCUT2D eigenvalue weighted by atomic mass is 16.7. The van der Waals surface area contributed by atoms with Crippen molar-refractivity contribution in [1.29, 1.82) is 0 Å². The smallest absolute Gasteiger partial charge is 0.377 e. The van der Waals surface area contributed by atoms with E-state index in [9.17, 15) is 9.90 Å². The van der Waals surface area contributed by atoms with E-state index in [0.29, 0.717) is 18.6 Å². The number of para-hydroxylation sites is 1. The molecule has 4 nitrogen and oxygen atoms in total. The minimum atomic E-state index is -1.61. The van der Waals surface area contributed by atoms with E-state index >= 15 is 0 Å². The van der Waals surface area contributed by atoms with Crippen LogP contribution < -0.4 is 4.74 Å². The van der Waals surface area contributed by atoms with E-state index in [4.69, 9.17) is 9.47 Å². The molecule has 1 aromatic carbocycles. The van der Waals surface area contributed by atoms with Crippen LogP contribution in [0.5, 0.6) is 5.75 Å². The van der Waals surface area contributed by atoms with E-state index in [1.807, 2.05) is 32.0 Å². The van der Waals surface area contributed by atoms with Crippen LogP contribution in [0.1, 0.15) is 52.9 Å². The van der Waals surface area contributed by atoms with Gasteiger partial charge in [-0.25, -0.2) is 4.79 Å². The van der Waals surface area contributed by atoms with Crippen molar-refractivity contribution in [1.82, 2.24) is 0 Å². The third kappa shape index (κ3) is 5.05. The van der Waals surface area contributed by atoms with Crippen LogP contribution in [0, 0.1) is 0 Å². The predicted molar refractivity (Wildman–Crippen MR) is 82.4 cm³/mol. The lowest BCUT2D eigenvalue weighted by Gasteiger charge is -2.33. The topological polar surface area (TPSA) is 55.8 Å². The number of carboxylic acid groups (broad SMARTS) is 1. The van der Waals surface area contributed by atoms with Gasteiger partial charge in [0.25, 0.3) is 0 Å². The molecular weight excluding hydrogens is 268 g/mol. The summed E-state index contributed by atoms with van der Waals surface area (Å²) in [5.41, 5.74) is 0. The van der Waals surface area contributed by atoms with Crippen LogP contribution in [0.25, 0.3) is 0 Å². The summed E-state index contributed by atoms with van der Waals surface area (Å²) in [5.74, 6) is -2.16. The average molecular weight is 294 g/mol. The Morgan fingerprint density at radius 1 is 1.19 bits per heavy atom. The minimum Gasteiger partial charge on any atom is -0.476 e. The summed E-state index contributed by atoms with van der Waals surface area (Å²) in [6.45, 7) is 5.99. The zero-order chi connectivity index (χ0) is 15.7. The highest BCUT2D eigenvalue weighted by Gasteiger charge is 2.43. The first kappa shape index (κ1) is 17.5. The van der Waals surface area contributed by atoms with Gasteiger partial charge in [0.1, 0.15) is 5.75 Å². The molecule has 0 aliphatic rings. The van der Waals surface area contributed by atoms with E-state index in [0.717, 1.165) is 19.3 Å². The number of ether oxygens (including phenoxy) is 2. The van der Waals surface area contributed by atoms with Gasteiger partial charge >= 0.3 is 11.8 Å². The number of aliphatic carboxylic acids is 1. The Morgan fingerprint density at radius 2 is 1.86 bits per heavy atom. The number of rotatable bonds is 10. The summed E-state index contributed by atoms with van der Waals surface area (Å²) in [6, 6.07) is 8.99. The molecule has 0 bridgehead atoms. The molecule has 0 amide bonds. The van der Waals surface area contributed by atoms with Crippen LogP contribution in [0.2, 0.25) is 0 Å². The number of benzene rings is 1. The molecule has 2 atom stereocenters. The maximum Gasteiger partial charge on any atom is 0.377 e. The van der Waals surface area contributed by atoms with Crippen molar-refractivity contribution in [2.75, 3.05) is 0 Å². The summed E-state index contributed by atoms with van der Waals surface area (Å²) >= 11 is 0. The third-order valence-corrected chi connectivity index (χ3v) is 3.35. The van der Waals surface area contributed by atoms with Crippen LogP contribution in [0.4, 0.5) is 0 Å². The maximum absolute atomic E-state index is 11.8. The summed E-state index contributed by atoms with van der Waals surface area (Å²) in [7, 11) is 0. The second-order valence-corrected chi connectivity index (χ2v) is 5.16. The van der Waals surface area contributed by atoms with E-state index in [2.05, 4.69) is 6.92 Å². The SMILES string of the molecule is CCCC(CC)OC(CCC)(Oc1ccccc1)C(=O)O. The first-order valence-electron chi connectivity index (χ1n) is 7.73. The van der Waals surface area contributed by atoms with Gasteiger partial charge in [-0.15, -0.1) is 0 Å². The number of carboxylic acids is 1. The van der Waals surface area contributed by atoms with Gasteiger partial charge in [0, 0.05) is 6.42 Å². The molecule has 0 heterocycles. The number of carbonyl (C=O) groups is 1. The molecule has 4 heteroatoms. The molecule has 1 rings (SSSR count). The standard InChI is InChI=1S/C17H26O4/c1-4-10-14(6-3)20-17(13-5-2,16(18)19)21-15-11-8-7-9-12-15/h7-9,11-12,14H,4-6,10,13H2,1-3H3,(H,18,19). The lowest BCUT2D eigenvalue weighted by Crippen LogP contribution is -2.49. The summed E-state index contributed by atoms with van der Waals surface area (Å²) in [5, 5.41) is 9.68. The number of hydrogen-bond donors (Lipinski definition) is 1. The van der Waals surface area contributed by atoms with Gasteiger partial charge in [0.05, 0.1) is 6.10 Å². The van der Waals surface area contributed by atoms with Crippen molar-refractivity contribution >= 4 is 5.97 Å². The van der Waals surface area contributed by atoms with Crippen molar-refractivity contribution < 1.29 is 19.4 Å². The molecule has 0 saturated heterocycles. The molecule has 118 valence electrons. The number of hydrogen-bond acceptors (Lipinski definition) is 3. The first-order chi connectivity index (χ1) is 10.1. The normalized spacial score (nSPS) is 15.2. The van der Waals surface area contributed by atoms with Crippen molar-refractivity contribution in [3.8, 4) is 5.75 Å². The van der Waals surface area contributed by atoms with Crippen LogP contribution in [-0.2, 0) is 9.53 Å². The summed E-state index contributed by atoms with van der Waals surface area (Å²) < 4.78 is 11.7. The summed E-state index contributed by atoms with van der Waals surface area (Å²) in [6.07, 6.45) is 3.42. The van der Waals surface area contributed by atoms with Gasteiger partial charge in [-0.1, -0.05) is 45.4 Å². The molecule has 21 heavy (non-hydrogen) atoms. The molecule has 0 saturated carbocycles. The van der Waals surface area contributed by atoms with E-state index in [1.54, 1.807) is 12.1 Å². The van der Waals surface area contributed by atoms with Crippen LogP contribution in [0.15, 0.2) is 30.3 Å². The highest BCUT2D eigenvalue weighted by Crippen LogP contribution is 2.28. The molecule has 0 spiro atoms. The molecule has 0 aliphatic heterocycles. The third-order valence-electron chi connectivity index (χ3n) is 3.35. The highest BCUT2D eigenvalue weighted by molar-refractivity contribution is 5.76. The Balaban J connectivity index is 2.99. The molecule has 1 aromatic rings. The minimum absolute atomic E-state index is 0.110. The zero-order valence-corrected chi connectivity index (χ0v) is 13.2. The van der Waals surface area contributed by atoms with E-state index in [1.165, 1.54) is 0 Å². The Labute approximate surface area is 127 Å². The van der Waals surface area contributed by atoms with Crippen molar-refractivity contribution in [3.05, 3.63) is 30.3 Å². The molecule has 0 aromatic heterocycles. The Bertz CT molecular complexity index is 418. The maximum atomic E-state index is 11.8. The van der Waals surface area contributed by atoms with Gasteiger partial charge in [0.2, 0.25) is 0 Å². The quantitative estimate of drug-likeness (QED) is 0.656. The van der Waals surface area contributed by atoms with Gasteiger partial charge in [0.15, 0.2) is 0 Å². The molecule has 0 fully saturated rings. The molecule has 1 N–H and O–H groups in total. The second-order valence-electron chi connectivity index (χ2n) is 5.16. The lowest BCUT2D eigenvalue weighted by molar-refractivity contribution is -0.231. The van der Waals surface area contributed by atoms with Crippen molar-refractivity contribution in [2.24, 2.45) is 0 Å². The first-order valence-corrected chi connectivity index (χ1v) is 7.73. The van der Waals surface area contributed by atoms with Gasteiger partial charge in [-0.05, 0) is 31.4 Å². The van der Waals surface area contributed by atoms with Gasteiger partial charge in [-0.2, -0.15) is 0 Å². The molecule has 0 radical (unpaired) electrons. The fourth-order valence-corrected chi connectivity index (χ4v) is 2.28. The van der Waals surface area contributed by atoms with Crippen LogP contribution in [-0.4, -0.2) is 23.0 Å². The Kier molecular flexibility index (Phi) is 7.23.